The molecule has 0 aliphatic carbocycles. The van der Waals surface area contributed by atoms with Gasteiger partial charge in [-0.3, -0.25) is 0 Å². The third-order valence-corrected chi connectivity index (χ3v) is 5.29. The summed E-state index contributed by atoms with van der Waals surface area (Å²) in [6, 6.07) is 4.21. The number of nitrogens with zero attached hydrogens (tertiary/aromatic N) is 4. The van der Waals surface area contributed by atoms with Crippen molar-refractivity contribution in [3.8, 4) is 0 Å². The summed E-state index contributed by atoms with van der Waals surface area (Å²) in [6.45, 7) is 9.53. The van der Waals surface area contributed by atoms with E-state index in [-0.39, 0.29) is 6.03 Å². The molecule has 25 heavy (non-hydrogen) atoms. The van der Waals surface area contributed by atoms with Gasteiger partial charge in [0.2, 0.25) is 0 Å². The Labute approximate surface area is 151 Å². The Morgan fingerprint density at radius 2 is 1.76 bits per heavy atom. The smallest absolute Gasteiger partial charge is 0.317 e. The van der Waals surface area contributed by atoms with Gasteiger partial charge in [-0.05, 0) is 31.0 Å². The van der Waals surface area contributed by atoms with E-state index in [1.54, 1.807) is 0 Å². The monoisotopic (exact) mass is 345 g/mol. The Kier molecular flexibility index (Phi) is 6.50. The van der Waals surface area contributed by atoms with E-state index in [0.29, 0.717) is 6.54 Å². The van der Waals surface area contributed by atoms with E-state index < -0.39 is 0 Å². The fourth-order valence-electron chi connectivity index (χ4n) is 3.56. The minimum atomic E-state index is 0.0346. The Balaban J connectivity index is 1.46. The number of amides is 2. The summed E-state index contributed by atoms with van der Waals surface area (Å²) in [7, 11) is 0. The second-order valence-electron chi connectivity index (χ2n) is 7.01. The van der Waals surface area contributed by atoms with Crippen LogP contribution in [0.15, 0.2) is 18.3 Å². The number of urea groups is 1. The number of hydrogen-bond donors (Lipinski definition) is 1. The Bertz CT molecular complexity index is 531. The quantitative estimate of drug-likeness (QED) is 0.910. The standard InChI is InChI=1S/C19H31N5O/c1-2-22-11-13-24(14-12-22)19(25)21-16-17-7-8-18(20-15-17)23-9-5-3-4-6-10-23/h7-8,15H,2-6,9-14,16H2,1H3,(H,21,25). The van der Waals surface area contributed by atoms with E-state index in [1.165, 1.54) is 25.7 Å². The lowest BCUT2D eigenvalue weighted by Crippen LogP contribution is -2.51. The summed E-state index contributed by atoms with van der Waals surface area (Å²) < 4.78 is 0. The third kappa shape index (κ3) is 5.08. The van der Waals surface area contributed by atoms with E-state index >= 15 is 0 Å². The van der Waals surface area contributed by atoms with Crippen molar-refractivity contribution in [1.29, 1.82) is 0 Å². The van der Waals surface area contributed by atoms with Gasteiger partial charge < -0.3 is 20.0 Å². The van der Waals surface area contributed by atoms with Crippen LogP contribution in [0.3, 0.4) is 0 Å². The van der Waals surface area contributed by atoms with Gasteiger partial charge in [0, 0.05) is 52.0 Å². The van der Waals surface area contributed by atoms with E-state index in [1.807, 2.05) is 11.1 Å². The zero-order chi connectivity index (χ0) is 17.5. The number of anilines is 1. The molecule has 2 aliphatic heterocycles. The molecule has 6 heteroatoms. The number of rotatable bonds is 4. The lowest BCUT2D eigenvalue weighted by Gasteiger charge is -2.34. The van der Waals surface area contributed by atoms with Crippen LogP contribution in [0.2, 0.25) is 0 Å². The highest BCUT2D eigenvalue weighted by Gasteiger charge is 2.19. The van der Waals surface area contributed by atoms with Gasteiger partial charge in [0.15, 0.2) is 0 Å². The molecule has 2 fully saturated rings. The molecular formula is C19H31N5O. The number of pyridine rings is 1. The highest BCUT2D eigenvalue weighted by Crippen LogP contribution is 2.17. The van der Waals surface area contributed by atoms with Gasteiger partial charge in [0.25, 0.3) is 0 Å². The minimum absolute atomic E-state index is 0.0346. The van der Waals surface area contributed by atoms with Crippen LogP contribution in [0.4, 0.5) is 10.6 Å². The van der Waals surface area contributed by atoms with E-state index in [2.05, 4.69) is 39.2 Å². The Morgan fingerprint density at radius 1 is 1.04 bits per heavy atom. The van der Waals surface area contributed by atoms with Gasteiger partial charge in [-0.15, -0.1) is 0 Å². The first-order valence-corrected chi connectivity index (χ1v) is 9.71. The molecule has 138 valence electrons. The van der Waals surface area contributed by atoms with Gasteiger partial charge in [-0.25, -0.2) is 9.78 Å². The summed E-state index contributed by atoms with van der Waals surface area (Å²) in [5.74, 6) is 1.06. The number of carbonyl (C=O) groups excluding carboxylic acids is 1. The number of carbonyl (C=O) groups is 1. The SMILES string of the molecule is CCN1CCN(C(=O)NCc2ccc(N3CCCCCC3)nc2)CC1. The molecule has 2 aliphatic rings. The number of nitrogens with one attached hydrogen (secondary N) is 1. The molecule has 1 aromatic heterocycles. The highest BCUT2D eigenvalue weighted by atomic mass is 16.2. The Hall–Kier alpha value is -1.82. The van der Waals surface area contributed by atoms with Crippen molar-refractivity contribution >= 4 is 11.8 Å². The maximum Gasteiger partial charge on any atom is 0.317 e. The van der Waals surface area contributed by atoms with Crippen LogP contribution in [0.25, 0.3) is 0 Å². The lowest BCUT2D eigenvalue weighted by atomic mass is 10.2. The van der Waals surface area contributed by atoms with E-state index in [0.717, 1.165) is 57.2 Å². The van der Waals surface area contributed by atoms with Crippen molar-refractivity contribution in [2.45, 2.75) is 39.2 Å². The lowest BCUT2D eigenvalue weighted by molar-refractivity contribution is 0.142. The fourth-order valence-corrected chi connectivity index (χ4v) is 3.56. The van der Waals surface area contributed by atoms with E-state index in [4.69, 9.17) is 0 Å². The largest absolute Gasteiger partial charge is 0.357 e. The molecule has 0 aromatic carbocycles. The molecule has 3 rings (SSSR count). The molecule has 6 nitrogen and oxygen atoms in total. The van der Waals surface area contributed by atoms with Crippen LogP contribution < -0.4 is 10.2 Å². The first-order chi connectivity index (χ1) is 12.3. The zero-order valence-corrected chi connectivity index (χ0v) is 15.4. The highest BCUT2D eigenvalue weighted by molar-refractivity contribution is 5.74. The maximum absolute atomic E-state index is 12.3. The van der Waals surface area contributed by atoms with Crippen LogP contribution in [0, 0.1) is 0 Å². The number of aromatic nitrogens is 1. The summed E-state index contributed by atoms with van der Waals surface area (Å²) >= 11 is 0. The third-order valence-electron chi connectivity index (χ3n) is 5.29. The summed E-state index contributed by atoms with van der Waals surface area (Å²) in [5, 5.41) is 3.03. The van der Waals surface area contributed by atoms with Crippen LogP contribution in [-0.4, -0.2) is 66.6 Å². The normalized spacial score (nSPS) is 19.6. The molecule has 0 unspecified atom stereocenters. The van der Waals surface area contributed by atoms with Gasteiger partial charge in [0.05, 0.1) is 0 Å². The molecule has 0 bridgehead atoms. The molecule has 1 N–H and O–H groups in total. The molecule has 0 atom stereocenters. The van der Waals surface area contributed by atoms with Gasteiger partial charge >= 0.3 is 6.03 Å². The van der Waals surface area contributed by atoms with Crippen molar-refractivity contribution in [2.24, 2.45) is 0 Å². The second kappa shape index (κ2) is 9.04. The Morgan fingerprint density at radius 3 is 2.36 bits per heavy atom. The molecule has 0 spiro atoms. The molecule has 0 saturated carbocycles. The van der Waals surface area contributed by atoms with Crippen molar-refractivity contribution in [2.75, 3.05) is 50.7 Å². The predicted molar refractivity (Wildman–Crippen MR) is 101 cm³/mol. The van der Waals surface area contributed by atoms with Crippen LogP contribution in [-0.2, 0) is 6.54 Å². The molecule has 3 heterocycles. The van der Waals surface area contributed by atoms with Gasteiger partial charge in [-0.2, -0.15) is 0 Å². The van der Waals surface area contributed by atoms with Gasteiger partial charge in [-0.1, -0.05) is 25.8 Å². The number of hydrogen-bond acceptors (Lipinski definition) is 4. The second-order valence-corrected chi connectivity index (χ2v) is 7.01. The molecule has 2 saturated heterocycles. The maximum atomic E-state index is 12.3. The fraction of sp³-hybridized carbons (Fsp3) is 0.684. The first kappa shape index (κ1) is 18.0. The molecule has 2 amide bonds. The van der Waals surface area contributed by atoms with Crippen LogP contribution in [0.1, 0.15) is 38.2 Å². The van der Waals surface area contributed by atoms with Crippen molar-refractivity contribution in [1.82, 2.24) is 20.1 Å². The predicted octanol–water partition coefficient (Wildman–Crippen LogP) is 2.31. The molecular weight excluding hydrogens is 314 g/mol. The topological polar surface area (TPSA) is 51.7 Å². The van der Waals surface area contributed by atoms with Crippen molar-refractivity contribution in [3.63, 3.8) is 0 Å². The number of piperazine rings is 1. The van der Waals surface area contributed by atoms with Gasteiger partial charge in [0.1, 0.15) is 5.82 Å². The molecule has 0 radical (unpaired) electrons. The van der Waals surface area contributed by atoms with Crippen LogP contribution in [0.5, 0.6) is 0 Å². The summed E-state index contributed by atoms with van der Waals surface area (Å²) in [4.78, 5) is 23.6. The minimum Gasteiger partial charge on any atom is -0.357 e. The van der Waals surface area contributed by atoms with Crippen LogP contribution >= 0.6 is 0 Å². The summed E-state index contributed by atoms with van der Waals surface area (Å²) in [6.07, 6.45) is 7.06. The van der Waals surface area contributed by atoms with Crippen molar-refractivity contribution in [3.05, 3.63) is 23.9 Å². The number of likely N-dealkylation sites (N-methyl/N-ethyl adjacent to an activating group) is 1. The van der Waals surface area contributed by atoms with E-state index in [9.17, 15) is 4.79 Å². The first-order valence-electron chi connectivity index (χ1n) is 9.71. The average molecular weight is 345 g/mol. The zero-order valence-electron chi connectivity index (χ0n) is 15.4. The average Bonchev–Trinajstić information content (AvgIpc) is 2.96. The van der Waals surface area contributed by atoms with Crippen molar-refractivity contribution < 1.29 is 4.79 Å². The molecule has 1 aromatic rings. The summed E-state index contributed by atoms with van der Waals surface area (Å²) in [5.41, 5.74) is 1.05.